The highest BCUT2D eigenvalue weighted by Crippen LogP contribution is 2.55. The van der Waals surface area contributed by atoms with Crippen LogP contribution < -0.4 is 5.32 Å². The average molecular weight is 693 g/mol. The third kappa shape index (κ3) is 7.58. The number of aromatic nitrogens is 1. The van der Waals surface area contributed by atoms with Gasteiger partial charge in [-0.25, -0.2) is 9.18 Å². The fraction of sp³-hybridized carbons (Fsp3) is 0.476. The second-order valence-corrected chi connectivity index (χ2v) is 16.2. The first-order chi connectivity index (χ1) is 24.4. The van der Waals surface area contributed by atoms with Crippen LogP contribution in [0.5, 0.6) is 0 Å². The minimum atomic E-state index is -0.522. The SMILES string of the molecule is C[C@@H](NC(=O)c1cncc(C2CCN(C(=O)C3CCC3)CC2)c1)c1ccc(C(=C2CC3(C2)CN(C(=O)OC(C)(C)C)C3)c2ccc(F)cc2)cc1. The third-order valence-corrected chi connectivity index (χ3v) is 11.2. The molecule has 0 radical (unpaired) electrons. The molecule has 2 saturated carbocycles. The summed E-state index contributed by atoms with van der Waals surface area (Å²) in [4.78, 5) is 46.8. The molecule has 268 valence electrons. The number of hydrogen-bond donors (Lipinski definition) is 1. The molecular weight excluding hydrogens is 643 g/mol. The Morgan fingerprint density at radius 1 is 0.882 bits per heavy atom. The normalized spacial score (nSPS) is 19.4. The van der Waals surface area contributed by atoms with Gasteiger partial charge in [0.15, 0.2) is 0 Å². The summed E-state index contributed by atoms with van der Waals surface area (Å²) in [5.41, 5.74) is 6.49. The molecule has 1 aromatic heterocycles. The van der Waals surface area contributed by atoms with Crippen molar-refractivity contribution in [2.45, 2.75) is 90.2 Å². The number of carbonyl (C=O) groups is 3. The molecule has 8 nitrogen and oxygen atoms in total. The van der Waals surface area contributed by atoms with Gasteiger partial charge in [0.1, 0.15) is 11.4 Å². The van der Waals surface area contributed by atoms with E-state index in [2.05, 4.69) is 22.4 Å². The third-order valence-electron chi connectivity index (χ3n) is 11.2. The van der Waals surface area contributed by atoms with Crippen LogP contribution in [0.3, 0.4) is 0 Å². The lowest BCUT2D eigenvalue weighted by atomic mass is 9.59. The molecule has 51 heavy (non-hydrogen) atoms. The van der Waals surface area contributed by atoms with E-state index in [1.54, 1.807) is 11.1 Å². The van der Waals surface area contributed by atoms with Crippen molar-refractivity contribution in [3.05, 3.63) is 106 Å². The van der Waals surface area contributed by atoms with Crippen molar-refractivity contribution in [1.29, 1.82) is 0 Å². The molecule has 3 amide bonds. The summed E-state index contributed by atoms with van der Waals surface area (Å²) in [6.07, 6.45) is 9.93. The number of benzene rings is 2. The molecule has 2 saturated heterocycles. The molecule has 3 aromatic rings. The zero-order chi connectivity index (χ0) is 35.9. The topological polar surface area (TPSA) is 91.8 Å². The molecule has 3 heterocycles. The van der Waals surface area contributed by atoms with Crippen LogP contribution in [0.2, 0.25) is 0 Å². The summed E-state index contributed by atoms with van der Waals surface area (Å²) in [6, 6.07) is 16.6. The number of halogens is 1. The Hall–Kier alpha value is -4.53. The Morgan fingerprint density at radius 3 is 2.10 bits per heavy atom. The molecule has 1 N–H and O–H groups in total. The smallest absolute Gasteiger partial charge is 0.410 e. The Balaban J connectivity index is 0.992. The van der Waals surface area contributed by atoms with Gasteiger partial charge < -0.3 is 19.9 Å². The molecule has 2 aliphatic carbocycles. The number of likely N-dealkylation sites (tertiary alicyclic amines) is 2. The summed E-state index contributed by atoms with van der Waals surface area (Å²) in [5, 5.41) is 3.15. The van der Waals surface area contributed by atoms with Crippen LogP contribution in [0.1, 0.15) is 117 Å². The highest BCUT2D eigenvalue weighted by molar-refractivity contribution is 5.94. The van der Waals surface area contributed by atoms with Gasteiger partial charge in [0.25, 0.3) is 5.91 Å². The molecular formula is C42H49FN4O4. The van der Waals surface area contributed by atoms with E-state index in [4.69, 9.17) is 4.74 Å². The summed E-state index contributed by atoms with van der Waals surface area (Å²) in [6.45, 7) is 10.5. The van der Waals surface area contributed by atoms with Crippen molar-refractivity contribution in [2.75, 3.05) is 26.2 Å². The predicted octanol–water partition coefficient (Wildman–Crippen LogP) is 8.05. The molecule has 7 rings (SSSR count). The molecule has 2 aliphatic heterocycles. The molecule has 4 aliphatic rings. The molecule has 0 bridgehead atoms. The van der Waals surface area contributed by atoms with E-state index in [0.717, 1.165) is 85.9 Å². The fourth-order valence-corrected chi connectivity index (χ4v) is 8.12. The van der Waals surface area contributed by atoms with Crippen LogP contribution in [-0.4, -0.2) is 64.5 Å². The number of nitrogens with one attached hydrogen (secondary N) is 1. The van der Waals surface area contributed by atoms with Gasteiger partial charge >= 0.3 is 6.09 Å². The molecule has 0 unspecified atom stereocenters. The van der Waals surface area contributed by atoms with Gasteiger partial charge in [-0.3, -0.25) is 14.6 Å². The summed E-state index contributed by atoms with van der Waals surface area (Å²) >= 11 is 0. The summed E-state index contributed by atoms with van der Waals surface area (Å²) in [5.74, 6) is 0.374. The second-order valence-electron chi connectivity index (χ2n) is 16.2. The highest BCUT2D eigenvalue weighted by atomic mass is 19.1. The Labute approximate surface area is 300 Å². The van der Waals surface area contributed by atoms with Crippen molar-refractivity contribution in [3.63, 3.8) is 0 Å². The van der Waals surface area contributed by atoms with E-state index >= 15 is 0 Å². The number of carbonyl (C=O) groups excluding carboxylic acids is 3. The lowest BCUT2D eigenvalue weighted by Crippen LogP contribution is -2.62. The van der Waals surface area contributed by atoms with Crippen molar-refractivity contribution in [3.8, 4) is 0 Å². The molecule has 1 spiro atoms. The van der Waals surface area contributed by atoms with E-state index < -0.39 is 5.60 Å². The van der Waals surface area contributed by atoms with Gasteiger partial charge in [0, 0.05) is 49.9 Å². The van der Waals surface area contributed by atoms with Crippen LogP contribution >= 0.6 is 0 Å². The van der Waals surface area contributed by atoms with Crippen LogP contribution in [0.4, 0.5) is 9.18 Å². The largest absolute Gasteiger partial charge is 0.444 e. The van der Waals surface area contributed by atoms with Crippen LogP contribution in [0.25, 0.3) is 5.57 Å². The Morgan fingerprint density at radius 2 is 1.51 bits per heavy atom. The van der Waals surface area contributed by atoms with E-state index in [1.165, 1.54) is 17.7 Å². The van der Waals surface area contributed by atoms with Gasteiger partial charge in [-0.05, 0) is 118 Å². The number of rotatable bonds is 7. The monoisotopic (exact) mass is 692 g/mol. The maximum atomic E-state index is 13.9. The quantitative estimate of drug-likeness (QED) is 0.271. The van der Waals surface area contributed by atoms with Crippen molar-refractivity contribution in [2.24, 2.45) is 11.3 Å². The maximum Gasteiger partial charge on any atom is 0.410 e. The standard InChI is InChI=1S/C42H49FN4O4/c1-27(45-38(48)34-20-33(23-44-24-34)29-16-18-46(19-17-29)39(49)32-6-5-7-32)28-8-10-30(11-9-28)37(31-12-14-36(43)15-13-31)35-21-42(22-35)25-47(26-42)40(50)51-41(2,3)4/h8-15,20,23-24,27,29,32H,5-7,16-19,21-22,25-26H2,1-4H3,(H,45,48)/t27-/m1/s1. The van der Waals surface area contributed by atoms with E-state index in [0.29, 0.717) is 24.6 Å². The lowest BCUT2D eigenvalue weighted by molar-refractivity contribution is -0.139. The predicted molar refractivity (Wildman–Crippen MR) is 194 cm³/mol. The molecule has 2 aromatic carbocycles. The number of piperidine rings is 1. The Kier molecular flexibility index (Phi) is 9.50. The number of nitrogens with zero attached hydrogens (tertiary/aromatic N) is 3. The van der Waals surface area contributed by atoms with E-state index in [-0.39, 0.29) is 41.1 Å². The zero-order valence-electron chi connectivity index (χ0n) is 30.2. The Bertz CT molecular complexity index is 1800. The number of hydrogen-bond acceptors (Lipinski definition) is 5. The van der Waals surface area contributed by atoms with Crippen molar-refractivity contribution in [1.82, 2.24) is 20.1 Å². The second kappa shape index (κ2) is 13.9. The first kappa shape index (κ1) is 34.9. The zero-order valence-corrected chi connectivity index (χ0v) is 30.2. The minimum Gasteiger partial charge on any atom is -0.444 e. The molecule has 4 fully saturated rings. The van der Waals surface area contributed by atoms with Gasteiger partial charge in [0.2, 0.25) is 5.91 Å². The van der Waals surface area contributed by atoms with Crippen molar-refractivity contribution >= 4 is 23.5 Å². The molecule has 9 heteroatoms. The average Bonchev–Trinajstić information content (AvgIpc) is 3.04. The van der Waals surface area contributed by atoms with Gasteiger partial charge in [-0.15, -0.1) is 0 Å². The van der Waals surface area contributed by atoms with Gasteiger partial charge in [0.05, 0.1) is 11.6 Å². The van der Waals surface area contributed by atoms with Crippen LogP contribution in [-0.2, 0) is 9.53 Å². The lowest BCUT2D eigenvalue weighted by Gasteiger charge is -2.57. The maximum absolute atomic E-state index is 13.9. The first-order valence-corrected chi connectivity index (χ1v) is 18.5. The molecule has 1 atom stereocenters. The van der Waals surface area contributed by atoms with Crippen LogP contribution in [0.15, 0.2) is 72.6 Å². The fourth-order valence-electron chi connectivity index (χ4n) is 8.12. The first-order valence-electron chi connectivity index (χ1n) is 18.5. The summed E-state index contributed by atoms with van der Waals surface area (Å²) in [7, 11) is 0. The van der Waals surface area contributed by atoms with Crippen LogP contribution in [0, 0.1) is 17.2 Å². The van der Waals surface area contributed by atoms with E-state index in [9.17, 15) is 18.8 Å². The number of allylic oxidation sites excluding steroid dienone is 1. The highest BCUT2D eigenvalue weighted by Gasteiger charge is 2.53. The minimum absolute atomic E-state index is 0.0638. The number of ether oxygens (including phenoxy) is 1. The van der Waals surface area contributed by atoms with E-state index in [1.807, 2.05) is 69.1 Å². The van der Waals surface area contributed by atoms with Crippen molar-refractivity contribution < 1.29 is 23.5 Å². The summed E-state index contributed by atoms with van der Waals surface area (Å²) < 4.78 is 19.5. The van der Waals surface area contributed by atoms with Gasteiger partial charge in [-0.1, -0.05) is 48.4 Å². The number of amides is 3. The van der Waals surface area contributed by atoms with Gasteiger partial charge in [-0.2, -0.15) is 0 Å². The number of pyridine rings is 1.